The number of nitrogens with zero attached hydrogens (tertiary/aromatic N) is 3. The van der Waals surface area contributed by atoms with Crippen LogP contribution in [-0.4, -0.2) is 40.0 Å². The first kappa shape index (κ1) is 16.2. The second-order valence-electron chi connectivity index (χ2n) is 5.38. The van der Waals surface area contributed by atoms with Crippen molar-refractivity contribution in [2.45, 2.75) is 18.7 Å². The number of rotatable bonds is 3. The predicted octanol–water partition coefficient (Wildman–Crippen LogP) is 2.79. The van der Waals surface area contributed by atoms with Crippen molar-refractivity contribution in [3.05, 3.63) is 54.0 Å². The van der Waals surface area contributed by atoms with Crippen molar-refractivity contribution in [3.8, 4) is 5.88 Å². The fourth-order valence-corrected chi connectivity index (χ4v) is 2.47. The van der Waals surface area contributed by atoms with E-state index in [0.29, 0.717) is 25.4 Å². The van der Waals surface area contributed by atoms with Crippen LogP contribution in [0.15, 0.2) is 42.7 Å². The molecule has 0 radical (unpaired) electrons. The van der Waals surface area contributed by atoms with Gasteiger partial charge in [-0.1, -0.05) is 6.07 Å². The lowest BCUT2D eigenvalue weighted by atomic mass is 10.2. The van der Waals surface area contributed by atoms with Gasteiger partial charge in [-0.05, 0) is 18.2 Å². The zero-order chi connectivity index (χ0) is 17.2. The summed E-state index contributed by atoms with van der Waals surface area (Å²) in [5, 5.41) is 0. The van der Waals surface area contributed by atoms with Gasteiger partial charge >= 0.3 is 6.18 Å². The zero-order valence-corrected chi connectivity index (χ0v) is 12.5. The molecule has 3 heterocycles. The van der Waals surface area contributed by atoms with Gasteiger partial charge in [0.05, 0.1) is 12.1 Å². The fraction of sp³-hybridized carbons (Fsp3) is 0.312. The van der Waals surface area contributed by atoms with Crippen molar-refractivity contribution in [2.24, 2.45) is 0 Å². The summed E-state index contributed by atoms with van der Waals surface area (Å²) >= 11 is 0. The van der Waals surface area contributed by atoms with Crippen molar-refractivity contribution in [1.29, 1.82) is 0 Å². The number of carbonyl (C=O) groups excluding carboxylic acids is 1. The van der Waals surface area contributed by atoms with Crippen molar-refractivity contribution in [3.63, 3.8) is 0 Å². The first-order chi connectivity index (χ1) is 11.4. The number of alkyl halides is 3. The summed E-state index contributed by atoms with van der Waals surface area (Å²) in [4.78, 5) is 21.3. The van der Waals surface area contributed by atoms with Crippen molar-refractivity contribution in [1.82, 2.24) is 14.9 Å². The molecule has 0 unspecified atom stereocenters. The van der Waals surface area contributed by atoms with Crippen LogP contribution in [-0.2, 0) is 6.18 Å². The van der Waals surface area contributed by atoms with E-state index in [1.54, 1.807) is 24.4 Å². The molecule has 2 aromatic heterocycles. The Morgan fingerprint density at radius 1 is 1.21 bits per heavy atom. The average molecular weight is 337 g/mol. The topological polar surface area (TPSA) is 55.3 Å². The van der Waals surface area contributed by atoms with Crippen LogP contribution < -0.4 is 4.74 Å². The summed E-state index contributed by atoms with van der Waals surface area (Å²) in [6.45, 7) is 0.827. The summed E-state index contributed by atoms with van der Waals surface area (Å²) in [7, 11) is 0. The van der Waals surface area contributed by atoms with Crippen molar-refractivity contribution in [2.75, 3.05) is 13.1 Å². The summed E-state index contributed by atoms with van der Waals surface area (Å²) in [6, 6.07) is 7.25. The summed E-state index contributed by atoms with van der Waals surface area (Å²) in [5.74, 6) is 0.122. The van der Waals surface area contributed by atoms with E-state index < -0.39 is 11.9 Å². The zero-order valence-electron chi connectivity index (χ0n) is 12.5. The van der Waals surface area contributed by atoms with Gasteiger partial charge in [-0.15, -0.1) is 0 Å². The standard InChI is InChI=1S/C16H14F3N3O2/c17-16(18,19)13-5-4-11(9-21-13)15(23)22-8-6-12(10-22)24-14-3-1-2-7-20-14/h1-5,7,9,12H,6,8,10H2/t12-/m1/s1. The van der Waals surface area contributed by atoms with Gasteiger partial charge in [0.25, 0.3) is 5.91 Å². The molecule has 1 saturated heterocycles. The number of aromatic nitrogens is 2. The number of carbonyl (C=O) groups is 1. The van der Waals surface area contributed by atoms with Gasteiger partial charge in [-0.2, -0.15) is 13.2 Å². The molecule has 0 aromatic carbocycles. The Balaban J connectivity index is 1.62. The Morgan fingerprint density at radius 3 is 2.67 bits per heavy atom. The van der Waals surface area contributed by atoms with Crippen molar-refractivity contribution < 1.29 is 22.7 Å². The molecule has 0 saturated carbocycles. The van der Waals surface area contributed by atoms with Crippen LogP contribution in [0.25, 0.3) is 0 Å². The van der Waals surface area contributed by atoms with E-state index >= 15 is 0 Å². The minimum atomic E-state index is -4.52. The van der Waals surface area contributed by atoms with Crippen LogP contribution in [0.4, 0.5) is 13.2 Å². The minimum absolute atomic E-state index is 0.126. The minimum Gasteiger partial charge on any atom is -0.472 e. The van der Waals surface area contributed by atoms with E-state index in [4.69, 9.17) is 4.74 Å². The Kier molecular flexibility index (Phi) is 4.37. The number of hydrogen-bond acceptors (Lipinski definition) is 4. The average Bonchev–Trinajstić information content (AvgIpc) is 3.03. The number of hydrogen-bond donors (Lipinski definition) is 0. The van der Waals surface area contributed by atoms with Crippen LogP contribution in [0.3, 0.4) is 0 Å². The molecule has 126 valence electrons. The Hall–Kier alpha value is -2.64. The summed E-state index contributed by atoms with van der Waals surface area (Å²) in [5.41, 5.74) is -0.890. The monoisotopic (exact) mass is 337 g/mol. The van der Waals surface area contributed by atoms with Gasteiger partial charge in [0, 0.05) is 31.4 Å². The highest BCUT2D eigenvalue weighted by Gasteiger charge is 2.33. The molecule has 8 heteroatoms. The molecule has 1 amide bonds. The van der Waals surface area contributed by atoms with Crippen LogP contribution in [0, 0.1) is 0 Å². The molecule has 5 nitrogen and oxygen atoms in total. The lowest BCUT2D eigenvalue weighted by Crippen LogP contribution is -2.31. The molecule has 0 aliphatic carbocycles. The molecule has 0 spiro atoms. The quantitative estimate of drug-likeness (QED) is 0.864. The number of likely N-dealkylation sites (tertiary alicyclic amines) is 1. The molecule has 2 aromatic rings. The SMILES string of the molecule is O=C(c1ccc(C(F)(F)F)nc1)N1CC[C@@H](Oc2ccccn2)C1. The highest BCUT2D eigenvalue weighted by atomic mass is 19.4. The molecule has 1 aliphatic heterocycles. The first-order valence-corrected chi connectivity index (χ1v) is 7.34. The molecule has 24 heavy (non-hydrogen) atoms. The number of pyridine rings is 2. The number of halogens is 3. The highest BCUT2D eigenvalue weighted by Crippen LogP contribution is 2.27. The van der Waals surface area contributed by atoms with Gasteiger partial charge in [0.1, 0.15) is 11.8 Å². The summed E-state index contributed by atoms with van der Waals surface area (Å²) < 4.78 is 43.2. The second-order valence-corrected chi connectivity index (χ2v) is 5.38. The predicted molar refractivity (Wildman–Crippen MR) is 78.4 cm³/mol. The van der Waals surface area contributed by atoms with Crippen molar-refractivity contribution >= 4 is 5.91 Å². The van der Waals surface area contributed by atoms with Gasteiger partial charge in [-0.25, -0.2) is 4.98 Å². The molecule has 1 atom stereocenters. The molecular formula is C16H14F3N3O2. The lowest BCUT2D eigenvalue weighted by molar-refractivity contribution is -0.141. The van der Waals surface area contributed by atoms with Gasteiger partial charge in [0.2, 0.25) is 5.88 Å². The van der Waals surface area contributed by atoms with Crippen LogP contribution >= 0.6 is 0 Å². The van der Waals surface area contributed by atoms with E-state index in [1.165, 1.54) is 4.90 Å². The third-order valence-corrected chi connectivity index (χ3v) is 3.66. The molecule has 1 fully saturated rings. The third kappa shape index (κ3) is 3.64. The maximum absolute atomic E-state index is 12.5. The number of amides is 1. The molecule has 0 N–H and O–H groups in total. The van der Waals surface area contributed by atoms with E-state index in [0.717, 1.165) is 18.3 Å². The van der Waals surface area contributed by atoms with E-state index in [2.05, 4.69) is 9.97 Å². The normalized spacial score (nSPS) is 17.8. The van der Waals surface area contributed by atoms with Gasteiger partial charge in [-0.3, -0.25) is 9.78 Å². The van der Waals surface area contributed by atoms with Gasteiger partial charge in [0.15, 0.2) is 0 Å². The first-order valence-electron chi connectivity index (χ1n) is 7.34. The number of ether oxygens (including phenoxy) is 1. The smallest absolute Gasteiger partial charge is 0.433 e. The Morgan fingerprint density at radius 2 is 2.04 bits per heavy atom. The van der Waals surface area contributed by atoms with E-state index in [9.17, 15) is 18.0 Å². The fourth-order valence-electron chi connectivity index (χ4n) is 2.47. The Labute approximate surface area is 136 Å². The van der Waals surface area contributed by atoms with Gasteiger partial charge < -0.3 is 9.64 Å². The molecular weight excluding hydrogens is 323 g/mol. The molecule has 1 aliphatic rings. The van der Waals surface area contributed by atoms with E-state index in [1.807, 2.05) is 0 Å². The molecule has 0 bridgehead atoms. The van der Waals surface area contributed by atoms with Crippen LogP contribution in [0.5, 0.6) is 5.88 Å². The highest BCUT2D eigenvalue weighted by molar-refractivity contribution is 5.94. The van der Waals surface area contributed by atoms with E-state index in [-0.39, 0.29) is 17.6 Å². The molecule has 3 rings (SSSR count). The van der Waals surface area contributed by atoms with Crippen LogP contribution in [0.1, 0.15) is 22.5 Å². The maximum Gasteiger partial charge on any atom is 0.433 e. The third-order valence-electron chi connectivity index (χ3n) is 3.66. The largest absolute Gasteiger partial charge is 0.472 e. The lowest BCUT2D eigenvalue weighted by Gasteiger charge is -2.17. The Bertz CT molecular complexity index is 705. The second kappa shape index (κ2) is 6.46. The van der Waals surface area contributed by atoms with Crippen LogP contribution in [0.2, 0.25) is 0 Å². The summed E-state index contributed by atoms with van der Waals surface area (Å²) in [6.07, 6.45) is -1.50. The maximum atomic E-state index is 12.5.